The van der Waals surface area contributed by atoms with E-state index in [1.54, 1.807) is 12.1 Å². The zero-order valence-electron chi connectivity index (χ0n) is 17.2. The summed E-state index contributed by atoms with van der Waals surface area (Å²) in [6.07, 6.45) is -0.620. The highest BCUT2D eigenvalue weighted by Crippen LogP contribution is 2.32. The lowest BCUT2D eigenvalue weighted by molar-refractivity contribution is -0.162. The van der Waals surface area contributed by atoms with Gasteiger partial charge in [0, 0.05) is 12.4 Å². The lowest BCUT2D eigenvalue weighted by Crippen LogP contribution is -2.24. The smallest absolute Gasteiger partial charge is 0.408 e. The number of nitrogens with zero attached hydrogens (tertiary/aromatic N) is 8. The molecule has 4 rings (SSSR count). The van der Waals surface area contributed by atoms with E-state index in [1.807, 2.05) is 0 Å². The third-order valence-corrected chi connectivity index (χ3v) is 4.60. The van der Waals surface area contributed by atoms with Gasteiger partial charge >= 0.3 is 6.18 Å². The van der Waals surface area contributed by atoms with Crippen LogP contribution in [-0.2, 0) is 0 Å². The monoisotopic (exact) mass is 459 g/mol. The number of methoxy groups -OCH3 is 1. The molecule has 0 bridgehead atoms. The Morgan fingerprint density at radius 1 is 1.15 bits per heavy atom. The summed E-state index contributed by atoms with van der Waals surface area (Å²) >= 11 is 0. The van der Waals surface area contributed by atoms with Crippen LogP contribution in [0.25, 0.3) is 17.3 Å². The first-order valence-electron chi connectivity index (χ1n) is 9.44. The SMILES string of the molecule is COc1nn(-c2cccnn2)cc1C(=O)Nc1cccc(-c2nncn2[C@H](C)C(F)(F)F)n1. The Morgan fingerprint density at radius 3 is 2.67 bits per heavy atom. The molecule has 170 valence electrons. The lowest BCUT2D eigenvalue weighted by atomic mass is 10.2. The number of nitrogens with one attached hydrogen (secondary N) is 1. The number of ether oxygens (including phenoxy) is 1. The minimum atomic E-state index is -4.50. The Bertz CT molecular complexity index is 1270. The fraction of sp³-hybridized carbons (Fsp3) is 0.211. The molecule has 0 saturated heterocycles. The van der Waals surface area contributed by atoms with Crippen molar-refractivity contribution in [2.24, 2.45) is 0 Å². The van der Waals surface area contributed by atoms with Crippen molar-refractivity contribution in [3.05, 3.63) is 54.6 Å². The normalized spacial score (nSPS) is 12.4. The quantitative estimate of drug-likeness (QED) is 0.467. The second-order valence-corrected chi connectivity index (χ2v) is 6.72. The minimum Gasteiger partial charge on any atom is -0.479 e. The second-order valence-electron chi connectivity index (χ2n) is 6.72. The van der Waals surface area contributed by atoms with Crippen molar-refractivity contribution in [1.29, 1.82) is 0 Å². The van der Waals surface area contributed by atoms with Crippen LogP contribution in [0.3, 0.4) is 0 Å². The number of aromatic nitrogens is 8. The van der Waals surface area contributed by atoms with E-state index in [2.05, 4.69) is 35.8 Å². The van der Waals surface area contributed by atoms with Crippen molar-refractivity contribution in [1.82, 2.24) is 39.7 Å². The summed E-state index contributed by atoms with van der Waals surface area (Å²) in [7, 11) is 1.35. The first kappa shape index (κ1) is 21.9. The molecule has 14 heteroatoms. The molecule has 1 atom stereocenters. The lowest BCUT2D eigenvalue weighted by Gasteiger charge is -2.18. The van der Waals surface area contributed by atoms with E-state index in [4.69, 9.17) is 4.74 Å². The number of carbonyl (C=O) groups is 1. The molecule has 0 aliphatic carbocycles. The predicted molar refractivity (Wildman–Crippen MR) is 108 cm³/mol. The van der Waals surface area contributed by atoms with Gasteiger partial charge in [-0.1, -0.05) is 6.07 Å². The number of rotatable bonds is 6. The Hall–Kier alpha value is -4.36. The van der Waals surface area contributed by atoms with Gasteiger partial charge in [-0.05, 0) is 31.2 Å². The minimum absolute atomic E-state index is 0.0352. The third-order valence-electron chi connectivity index (χ3n) is 4.60. The Kier molecular flexibility index (Phi) is 5.72. The first-order valence-corrected chi connectivity index (χ1v) is 9.44. The molecule has 33 heavy (non-hydrogen) atoms. The van der Waals surface area contributed by atoms with Crippen LogP contribution < -0.4 is 10.1 Å². The van der Waals surface area contributed by atoms with Crippen LogP contribution in [0.5, 0.6) is 5.88 Å². The van der Waals surface area contributed by atoms with E-state index in [0.717, 1.165) is 17.8 Å². The van der Waals surface area contributed by atoms with Crippen molar-refractivity contribution >= 4 is 11.7 Å². The molecule has 0 aliphatic heterocycles. The molecular formula is C19H16F3N9O2. The molecular weight excluding hydrogens is 443 g/mol. The van der Waals surface area contributed by atoms with Crippen LogP contribution in [0.1, 0.15) is 23.3 Å². The number of alkyl halides is 3. The maximum atomic E-state index is 13.2. The fourth-order valence-corrected chi connectivity index (χ4v) is 2.88. The molecule has 4 aromatic heterocycles. The Balaban J connectivity index is 1.60. The van der Waals surface area contributed by atoms with Crippen LogP contribution in [-0.4, -0.2) is 58.9 Å². The molecule has 0 unspecified atom stereocenters. The summed E-state index contributed by atoms with van der Waals surface area (Å²) in [4.78, 5) is 17.1. The molecule has 11 nitrogen and oxygen atoms in total. The van der Waals surface area contributed by atoms with Gasteiger partial charge < -0.3 is 14.6 Å². The van der Waals surface area contributed by atoms with Gasteiger partial charge in [0.25, 0.3) is 5.91 Å². The average Bonchev–Trinajstić information content (AvgIpc) is 3.46. The van der Waals surface area contributed by atoms with Crippen LogP contribution in [0, 0.1) is 0 Å². The van der Waals surface area contributed by atoms with Gasteiger partial charge in [0.15, 0.2) is 11.6 Å². The molecule has 0 fully saturated rings. The number of pyridine rings is 1. The number of halogens is 3. The summed E-state index contributed by atoms with van der Waals surface area (Å²) < 4.78 is 46.8. The van der Waals surface area contributed by atoms with E-state index in [1.165, 1.54) is 42.4 Å². The zero-order chi connectivity index (χ0) is 23.6. The summed E-state index contributed by atoms with van der Waals surface area (Å²) in [6, 6.07) is 5.91. The highest BCUT2D eigenvalue weighted by atomic mass is 19.4. The van der Waals surface area contributed by atoms with Crippen LogP contribution in [0.2, 0.25) is 0 Å². The molecule has 0 spiro atoms. The summed E-state index contributed by atoms with van der Waals surface area (Å²) in [5, 5.41) is 21.7. The van der Waals surface area contributed by atoms with E-state index in [9.17, 15) is 18.0 Å². The number of hydrogen-bond acceptors (Lipinski definition) is 8. The summed E-state index contributed by atoms with van der Waals surface area (Å²) in [5.74, 6) is -0.206. The third kappa shape index (κ3) is 4.49. The predicted octanol–water partition coefficient (Wildman–Crippen LogP) is 2.70. The molecule has 4 aromatic rings. The van der Waals surface area contributed by atoms with Gasteiger partial charge in [-0.2, -0.15) is 18.3 Å². The average molecular weight is 459 g/mol. The Morgan fingerprint density at radius 2 is 1.97 bits per heavy atom. The number of hydrogen-bond donors (Lipinski definition) is 1. The van der Waals surface area contributed by atoms with E-state index < -0.39 is 18.1 Å². The summed E-state index contributed by atoms with van der Waals surface area (Å²) in [5.41, 5.74) is 0.188. The van der Waals surface area contributed by atoms with Gasteiger partial charge in [-0.15, -0.1) is 20.4 Å². The number of amides is 1. The molecule has 4 heterocycles. The standard InChI is InChI=1S/C19H16F3N9O2/c1-11(19(20,21)22)30-10-24-28-16(30)13-5-3-6-14(25-13)26-17(32)12-9-31(29-18(12)33-2)15-7-4-8-23-27-15/h3-11H,1-2H3,(H,25,26,32)/t11-/m1/s1. The summed E-state index contributed by atoms with van der Waals surface area (Å²) in [6.45, 7) is 0.986. The first-order chi connectivity index (χ1) is 15.8. The highest BCUT2D eigenvalue weighted by Gasteiger charge is 2.38. The van der Waals surface area contributed by atoms with Crippen molar-refractivity contribution in [3.8, 4) is 23.2 Å². The van der Waals surface area contributed by atoms with E-state index in [-0.39, 0.29) is 28.8 Å². The van der Waals surface area contributed by atoms with Crippen molar-refractivity contribution in [2.45, 2.75) is 19.1 Å². The molecule has 0 aliphatic rings. The largest absolute Gasteiger partial charge is 0.479 e. The maximum absolute atomic E-state index is 13.2. The number of anilines is 1. The van der Waals surface area contributed by atoms with Crippen molar-refractivity contribution in [2.75, 3.05) is 12.4 Å². The van der Waals surface area contributed by atoms with Crippen LogP contribution in [0.15, 0.2) is 49.1 Å². The second kappa shape index (κ2) is 8.64. The van der Waals surface area contributed by atoms with Crippen LogP contribution >= 0.6 is 0 Å². The maximum Gasteiger partial charge on any atom is 0.408 e. The van der Waals surface area contributed by atoms with Gasteiger partial charge in [0.1, 0.15) is 29.4 Å². The molecule has 1 N–H and O–H groups in total. The topological polar surface area (TPSA) is 126 Å². The van der Waals surface area contributed by atoms with Crippen molar-refractivity contribution in [3.63, 3.8) is 0 Å². The molecule has 0 aromatic carbocycles. The van der Waals surface area contributed by atoms with Gasteiger partial charge in [0.2, 0.25) is 5.88 Å². The molecule has 0 saturated carbocycles. The number of carbonyl (C=O) groups excluding carboxylic acids is 1. The molecule has 1 amide bonds. The highest BCUT2D eigenvalue weighted by molar-refractivity contribution is 6.05. The van der Waals surface area contributed by atoms with Crippen LogP contribution in [0.4, 0.5) is 19.0 Å². The molecule has 0 radical (unpaired) electrons. The van der Waals surface area contributed by atoms with E-state index in [0.29, 0.717) is 5.82 Å². The zero-order valence-corrected chi connectivity index (χ0v) is 17.2. The van der Waals surface area contributed by atoms with Gasteiger partial charge in [0.05, 0.1) is 7.11 Å². The Labute approximate surface area is 184 Å². The van der Waals surface area contributed by atoms with Gasteiger partial charge in [-0.3, -0.25) is 4.79 Å². The van der Waals surface area contributed by atoms with Crippen molar-refractivity contribution < 1.29 is 22.7 Å². The van der Waals surface area contributed by atoms with Gasteiger partial charge in [-0.25, -0.2) is 9.67 Å². The fourth-order valence-electron chi connectivity index (χ4n) is 2.88. The van der Waals surface area contributed by atoms with E-state index >= 15 is 0 Å².